The predicted molar refractivity (Wildman–Crippen MR) is 87.7 cm³/mol. The largest absolute Gasteiger partial charge is 0.353 e. The highest BCUT2D eigenvalue weighted by molar-refractivity contribution is 5.55. The first-order chi connectivity index (χ1) is 11.2. The van der Waals surface area contributed by atoms with Gasteiger partial charge in [-0.2, -0.15) is 4.98 Å². The van der Waals surface area contributed by atoms with Crippen LogP contribution >= 0.6 is 0 Å². The molecule has 0 atom stereocenters. The fraction of sp³-hybridized carbons (Fsp3) is 0.500. The van der Waals surface area contributed by atoms with Gasteiger partial charge in [0, 0.05) is 17.5 Å². The second-order valence-corrected chi connectivity index (χ2v) is 7.19. The van der Waals surface area contributed by atoms with Crippen LogP contribution in [0.2, 0.25) is 0 Å². The number of nitrogens with one attached hydrogen (secondary N) is 1. The maximum Gasteiger partial charge on any atom is 0.226 e. The number of benzene rings is 1. The predicted octanol–water partition coefficient (Wildman–Crippen LogP) is 3.87. The minimum absolute atomic E-state index is 0.222. The Morgan fingerprint density at radius 3 is 2.52 bits per heavy atom. The fourth-order valence-electron chi connectivity index (χ4n) is 4.21. The molecule has 2 saturated carbocycles. The summed E-state index contributed by atoms with van der Waals surface area (Å²) in [5, 5.41) is 3.23. The minimum Gasteiger partial charge on any atom is -0.353 e. The molecule has 0 unspecified atom stereocenters. The molecule has 2 aliphatic rings. The van der Waals surface area contributed by atoms with Crippen molar-refractivity contribution in [2.75, 3.05) is 18.5 Å². The van der Waals surface area contributed by atoms with E-state index in [1.54, 1.807) is 0 Å². The van der Waals surface area contributed by atoms with Crippen molar-refractivity contribution in [2.24, 2.45) is 10.8 Å². The molecule has 2 aliphatic carbocycles. The molecule has 1 spiro atoms. The smallest absolute Gasteiger partial charge is 0.226 e. The van der Waals surface area contributed by atoms with Gasteiger partial charge in [-0.05, 0) is 31.1 Å². The molecule has 2 aromatic rings. The molecule has 1 aromatic carbocycles. The Morgan fingerprint density at radius 1 is 1.09 bits per heavy atom. The molecule has 0 saturated heterocycles. The molecule has 0 aliphatic heterocycles. The summed E-state index contributed by atoms with van der Waals surface area (Å²) >= 11 is 0. The van der Waals surface area contributed by atoms with E-state index in [9.17, 15) is 4.39 Å². The quantitative estimate of drug-likeness (QED) is 0.910. The number of aromatic nitrogens is 3. The summed E-state index contributed by atoms with van der Waals surface area (Å²) in [5.74, 6) is 1.17. The standard InChI is InChI=1S/C18H21FN4/c19-11-18(9-17(10-18)7-4-8-17)12-20-16-22-13-21-15(23-16)14-5-2-1-3-6-14/h1-3,5-6,13H,4,7-12H2,(H,20,21,22,23). The second kappa shape index (κ2) is 5.55. The van der Waals surface area contributed by atoms with Crippen LogP contribution in [0.3, 0.4) is 0 Å². The first-order valence-electron chi connectivity index (χ1n) is 8.27. The number of rotatable bonds is 5. The van der Waals surface area contributed by atoms with Crippen LogP contribution in [0.4, 0.5) is 10.3 Å². The lowest BCUT2D eigenvalue weighted by Gasteiger charge is -2.60. The van der Waals surface area contributed by atoms with Gasteiger partial charge in [-0.15, -0.1) is 0 Å². The van der Waals surface area contributed by atoms with Gasteiger partial charge in [0.2, 0.25) is 5.95 Å². The number of halogens is 1. The molecule has 1 N–H and O–H groups in total. The SMILES string of the molecule is FCC1(CNc2ncnc(-c3ccccc3)n2)CC2(CCC2)C1. The third-order valence-electron chi connectivity index (χ3n) is 5.42. The van der Waals surface area contributed by atoms with Crippen molar-refractivity contribution in [1.29, 1.82) is 0 Å². The zero-order valence-corrected chi connectivity index (χ0v) is 13.1. The van der Waals surface area contributed by atoms with E-state index in [1.165, 1.54) is 25.6 Å². The lowest BCUT2D eigenvalue weighted by molar-refractivity contribution is -0.0993. The zero-order chi connectivity index (χ0) is 15.8. The van der Waals surface area contributed by atoms with Crippen LogP contribution in [0.1, 0.15) is 32.1 Å². The Morgan fingerprint density at radius 2 is 1.87 bits per heavy atom. The van der Waals surface area contributed by atoms with Crippen molar-refractivity contribution >= 4 is 5.95 Å². The van der Waals surface area contributed by atoms with Gasteiger partial charge in [-0.25, -0.2) is 9.97 Å². The van der Waals surface area contributed by atoms with Crippen molar-refractivity contribution in [3.63, 3.8) is 0 Å². The molecule has 1 heterocycles. The molecular weight excluding hydrogens is 291 g/mol. The van der Waals surface area contributed by atoms with Gasteiger partial charge in [0.1, 0.15) is 6.33 Å². The lowest BCUT2D eigenvalue weighted by atomic mass is 9.45. The maximum atomic E-state index is 13.6. The van der Waals surface area contributed by atoms with E-state index in [-0.39, 0.29) is 12.1 Å². The van der Waals surface area contributed by atoms with E-state index in [1.807, 2.05) is 30.3 Å². The van der Waals surface area contributed by atoms with E-state index in [0.29, 0.717) is 23.7 Å². The van der Waals surface area contributed by atoms with Crippen LogP contribution in [0.5, 0.6) is 0 Å². The zero-order valence-electron chi connectivity index (χ0n) is 13.1. The van der Waals surface area contributed by atoms with Crippen molar-refractivity contribution in [1.82, 2.24) is 15.0 Å². The van der Waals surface area contributed by atoms with Crippen molar-refractivity contribution in [2.45, 2.75) is 32.1 Å². The molecular formula is C18H21FN4. The van der Waals surface area contributed by atoms with E-state index in [0.717, 1.165) is 18.4 Å². The van der Waals surface area contributed by atoms with Crippen LogP contribution in [-0.2, 0) is 0 Å². The van der Waals surface area contributed by atoms with Gasteiger partial charge in [-0.1, -0.05) is 36.8 Å². The summed E-state index contributed by atoms with van der Waals surface area (Å²) in [6.45, 7) is 0.335. The van der Waals surface area contributed by atoms with Crippen LogP contribution in [0.25, 0.3) is 11.4 Å². The van der Waals surface area contributed by atoms with E-state index < -0.39 is 0 Å². The van der Waals surface area contributed by atoms with Crippen LogP contribution < -0.4 is 5.32 Å². The number of alkyl halides is 1. The highest BCUT2D eigenvalue weighted by Crippen LogP contribution is 2.64. The summed E-state index contributed by atoms with van der Waals surface area (Å²) in [7, 11) is 0. The van der Waals surface area contributed by atoms with E-state index in [4.69, 9.17) is 0 Å². The minimum atomic E-state index is -0.266. The highest BCUT2D eigenvalue weighted by Gasteiger charge is 2.56. The highest BCUT2D eigenvalue weighted by atomic mass is 19.1. The molecule has 4 rings (SSSR count). The summed E-state index contributed by atoms with van der Waals surface area (Å²) in [6, 6.07) is 9.80. The second-order valence-electron chi connectivity index (χ2n) is 7.19. The molecule has 23 heavy (non-hydrogen) atoms. The Bertz CT molecular complexity index is 676. The summed E-state index contributed by atoms with van der Waals surface area (Å²) < 4.78 is 13.6. The Hall–Kier alpha value is -2.04. The molecule has 120 valence electrons. The van der Waals surface area contributed by atoms with E-state index in [2.05, 4.69) is 20.3 Å². The third-order valence-corrected chi connectivity index (χ3v) is 5.42. The van der Waals surface area contributed by atoms with Gasteiger partial charge >= 0.3 is 0 Å². The lowest BCUT2D eigenvalue weighted by Crippen LogP contribution is -2.54. The average Bonchev–Trinajstić information content (AvgIpc) is 2.54. The van der Waals surface area contributed by atoms with Crippen molar-refractivity contribution < 1.29 is 4.39 Å². The van der Waals surface area contributed by atoms with Crippen molar-refractivity contribution in [3.8, 4) is 11.4 Å². The maximum absolute atomic E-state index is 13.6. The van der Waals surface area contributed by atoms with Gasteiger partial charge in [0.05, 0.1) is 6.67 Å². The molecule has 0 bridgehead atoms. The number of nitrogens with zero attached hydrogens (tertiary/aromatic N) is 3. The summed E-state index contributed by atoms with van der Waals surface area (Å²) in [6.07, 6.45) is 7.37. The number of anilines is 1. The molecule has 0 amide bonds. The van der Waals surface area contributed by atoms with Crippen LogP contribution in [0.15, 0.2) is 36.7 Å². The van der Waals surface area contributed by atoms with Crippen LogP contribution in [-0.4, -0.2) is 28.2 Å². The molecule has 5 heteroatoms. The van der Waals surface area contributed by atoms with Crippen molar-refractivity contribution in [3.05, 3.63) is 36.7 Å². The Kier molecular flexibility index (Phi) is 3.51. The third kappa shape index (κ3) is 2.69. The van der Waals surface area contributed by atoms with E-state index >= 15 is 0 Å². The monoisotopic (exact) mass is 312 g/mol. The normalized spacial score (nSPS) is 20.6. The van der Waals surface area contributed by atoms with Crippen LogP contribution in [0, 0.1) is 10.8 Å². The first-order valence-corrected chi connectivity index (χ1v) is 8.27. The summed E-state index contributed by atoms with van der Waals surface area (Å²) in [4.78, 5) is 12.8. The molecule has 1 aromatic heterocycles. The van der Waals surface area contributed by atoms with Gasteiger partial charge in [0.25, 0.3) is 0 Å². The average molecular weight is 312 g/mol. The number of hydrogen-bond donors (Lipinski definition) is 1. The summed E-state index contributed by atoms with van der Waals surface area (Å²) in [5.41, 5.74) is 1.19. The molecule has 4 nitrogen and oxygen atoms in total. The first kappa shape index (κ1) is 14.5. The Labute approximate surface area is 135 Å². The Balaban J connectivity index is 1.43. The number of hydrogen-bond acceptors (Lipinski definition) is 4. The molecule has 0 radical (unpaired) electrons. The van der Waals surface area contributed by atoms with Gasteiger partial charge in [0.15, 0.2) is 5.82 Å². The topological polar surface area (TPSA) is 50.7 Å². The molecule has 2 fully saturated rings. The van der Waals surface area contributed by atoms with Gasteiger partial charge < -0.3 is 5.32 Å². The van der Waals surface area contributed by atoms with Gasteiger partial charge in [-0.3, -0.25) is 4.39 Å². The fourth-order valence-corrected chi connectivity index (χ4v) is 4.21.